The van der Waals surface area contributed by atoms with Gasteiger partial charge in [0.25, 0.3) is 0 Å². The van der Waals surface area contributed by atoms with Gasteiger partial charge in [0, 0.05) is 24.0 Å². The Labute approximate surface area is 129 Å². The van der Waals surface area contributed by atoms with Crippen molar-refractivity contribution in [2.45, 2.75) is 52.6 Å². The van der Waals surface area contributed by atoms with Gasteiger partial charge in [-0.1, -0.05) is 20.8 Å². The van der Waals surface area contributed by atoms with Gasteiger partial charge in [-0.3, -0.25) is 9.59 Å². The fourth-order valence-electron chi connectivity index (χ4n) is 2.64. The third-order valence-electron chi connectivity index (χ3n) is 3.81. The Bertz CT molecular complexity index is 527. The molecule has 1 fully saturated rings. The summed E-state index contributed by atoms with van der Waals surface area (Å²) in [4.78, 5) is 31.0. The Kier molecular flexibility index (Phi) is 4.98. The van der Waals surface area contributed by atoms with Crippen LogP contribution in [0.3, 0.4) is 0 Å². The molecule has 21 heavy (non-hydrogen) atoms. The Hall–Kier alpha value is -1.43. The van der Waals surface area contributed by atoms with E-state index in [-0.39, 0.29) is 23.8 Å². The lowest BCUT2D eigenvalue weighted by Crippen LogP contribution is -2.64. The van der Waals surface area contributed by atoms with Crippen molar-refractivity contribution in [3.05, 3.63) is 16.1 Å². The minimum Gasteiger partial charge on any atom is -0.342 e. The molecule has 1 aromatic rings. The minimum atomic E-state index is -0.404. The number of aromatic nitrogens is 1. The number of nitrogens with one attached hydrogen (secondary N) is 1. The number of aryl methyl sites for hydroxylation is 1. The molecule has 0 saturated carbocycles. The van der Waals surface area contributed by atoms with Crippen LogP contribution in [0.15, 0.2) is 5.38 Å². The van der Waals surface area contributed by atoms with Crippen molar-refractivity contribution in [3.8, 4) is 0 Å². The minimum absolute atomic E-state index is 0.0322. The van der Waals surface area contributed by atoms with Crippen molar-refractivity contribution in [2.24, 2.45) is 5.92 Å². The van der Waals surface area contributed by atoms with Gasteiger partial charge in [-0.15, -0.1) is 11.3 Å². The fraction of sp³-hybridized carbons (Fsp3) is 0.667. The molecule has 1 aliphatic heterocycles. The molecule has 1 aliphatic rings. The quantitative estimate of drug-likeness (QED) is 0.901. The SMILES string of the molecule is CCC1C(=O)NC(C(C)C)C(=O)N1CCc1nc(C)cs1. The summed E-state index contributed by atoms with van der Waals surface area (Å²) in [6.45, 7) is 8.37. The first-order chi connectivity index (χ1) is 9.93. The van der Waals surface area contributed by atoms with Crippen molar-refractivity contribution in [1.82, 2.24) is 15.2 Å². The molecule has 2 unspecified atom stereocenters. The smallest absolute Gasteiger partial charge is 0.246 e. The van der Waals surface area contributed by atoms with E-state index in [0.29, 0.717) is 19.4 Å². The van der Waals surface area contributed by atoms with Gasteiger partial charge in [0.1, 0.15) is 12.1 Å². The maximum atomic E-state index is 12.6. The second kappa shape index (κ2) is 6.56. The van der Waals surface area contributed by atoms with Crippen molar-refractivity contribution < 1.29 is 9.59 Å². The molecule has 0 spiro atoms. The van der Waals surface area contributed by atoms with E-state index in [0.717, 1.165) is 10.7 Å². The summed E-state index contributed by atoms with van der Waals surface area (Å²) in [5.74, 6) is 0.0970. The number of nitrogens with zero attached hydrogens (tertiary/aromatic N) is 2. The first kappa shape index (κ1) is 15.9. The zero-order valence-electron chi connectivity index (χ0n) is 13.0. The van der Waals surface area contributed by atoms with E-state index in [1.165, 1.54) is 0 Å². The summed E-state index contributed by atoms with van der Waals surface area (Å²) in [5.41, 5.74) is 1.00. The van der Waals surface area contributed by atoms with Gasteiger partial charge in [-0.05, 0) is 19.3 Å². The van der Waals surface area contributed by atoms with Crippen molar-refractivity contribution in [3.63, 3.8) is 0 Å². The monoisotopic (exact) mass is 309 g/mol. The molecule has 0 bridgehead atoms. The summed E-state index contributed by atoms with van der Waals surface area (Å²) in [7, 11) is 0. The van der Waals surface area contributed by atoms with E-state index in [9.17, 15) is 9.59 Å². The summed E-state index contributed by atoms with van der Waals surface area (Å²) in [6.07, 6.45) is 1.35. The molecule has 6 heteroatoms. The maximum Gasteiger partial charge on any atom is 0.246 e. The Balaban J connectivity index is 2.11. The third-order valence-corrected chi connectivity index (χ3v) is 4.84. The lowest BCUT2D eigenvalue weighted by Gasteiger charge is -2.40. The summed E-state index contributed by atoms with van der Waals surface area (Å²) in [6, 6.07) is -0.758. The van der Waals surface area contributed by atoms with Crippen molar-refractivity contribution in [2.75, 3.05) is 6.54 Å². The van der Waals surface area contributed by atoms with E-state index >= 15 is 0 Å². The zero-order chi connectivity index (χ0) is 15.6. The molecule has 1 N–H and O–H groups in total. The van der Waals surface area contributed by atoms with E-state index in [1.54, 1.807) is 16.2 Å². The van der Waals surface area contributed by atoms with Crippen LogP contribution in [0.4, 0.5) is 0 Å². The number of hydrogen-bond acceptors (Lipinski definition) is 4. The highest BCUT2D eigenvalue weighted by molar-refractivity contribution is 7.09. The standard InChI is InChI=1S/C15H23N3O2S/c1-5-11-14(19)17-13(9(2)3)15(20)18(11)7-6-12-16-10(4)8-21-12/h8-9,11,13H,5-7H2,1-4H3,(H,17,19). The van der Waals surface area contributed by atoms with E-state index < -0.39 is 6.04 Å². The van der Waals surface area contributed by atoms with Gasteiger partial charge in [-0.2, -0.15) is 0 Å². The lowest BCUT2D eigenvalue weighted by atomic mass is 9.97. The lowest BCUT2D eigenvalue weighted by molar-refractivity contribution is -0.150. The highest BCUT2D eigenvalue weighted by Gasteiger charge is 2.40. The van der Waals surface area contributed by atoms with Gasteiger partial charge in [0.2, 0.25) is 11.8 Å². The number of thiazole rings is 1. The van der Waals surface area contributed by atoms with Gasteiger partial charge in [-0.25, -0.2) is 4.98 Å². The Morgan fingerprint density at radius 1 is 1.43 bits per heavy atom. The zero-order valence-corrected chi connectivity index (χ0v) is 13.9. The summed E-state index contributed by atoms with van der Waals surface area (Å²) in [5, 5.41) is 5.88. The number of piperazine rings is 1. The predicted octanol–water partition coefficient (Wildman–Crippen LogP) is 1.76. The van der Waals surface area contributed by atoms with Gasteiger partial charge in [0.15, 0.2) is 0 Å². The van der Waals surface area contributed by atoms with Crippen molar-refractivity contribution in [1.29, 1.82) is 0 Å². The Morgan fingerprint density at radius 2 is 2.14 bits per heavy atom. The fourth-order valence-corrected chi connectivity index (χ4v) is 3.41. The number of rotatable bonds is 5. The van der Waals surface area contributed by atoms with Crippen molar-refractivity contribution >= 4 is 23.2 Å². The second-order valence-corrected chi connectivity index (χ2v) is 6.76. The molecule has 116 valence electrons. The molecule has 0 radical (unpaired) electrons. The topological polar surface area (TPSA) is 62.3 Å². The summed E-state index contributed by atoms with van der Waals surface area (Å²) >= 11 is 1.61. The highest BCUT2D eigenvalue weighted by Crippen LogP contribution is 2.19. The highest BCUT2D eigenvalue weighted by atomic mass is 32.1. The maximum absolute atomic E-state index is 12.6. The number of amides is 2. The molecule has 2 amide bonds. The van der Waals surface area contributed by atoms with Crippen LogP contribution in [-0.2, 0) is 16.0 Å². The van der Waals surface area contributed by atoms with Crippen LogP contribution in [0, 0.1) is 12.8 Å². The molecule has 2 atom stereocenters. The van der Waals surface area contributed by atoms with Gasteiger partial charge in [0.05, 0.1) is 5.01 Å². The molecule has 5 nitrogen and oxygen atoms in total. The molecule has 1 aromatic heterocycles. The van der Waals surface area contributed by atoms with E-state index in [1.807, 2.05) is 33.1 Å². The third kappa shape index (κ3) is 3.43. The number of carbonyl (C=O) groups excluding carboxylic acids is 2. The second-order valence-electron chi connectivity index (χ2n) is 5.82. The van der Waals surface area contributed by atoms with Gasteiger partial charge >= 0.3 is 0 Å². The molecule has 1 saturated heterocycles. The van der Waals surface area contributed by atoms with Crippen LogP contribution in [-0.4, -0.2) is 40.3 Å². The largest absolute Gasteiger partial charge is 0.342 e. The average Bonchev–Trinajstić information content (AvgIpc) is 2.84. The van der Waals surface area contributed by atoms with E-state index in [2.05, 4.69) is 10.3 Å². The van der Waals surface area contributed by atoms with Gasteiger partial charge < -0.3 is 10.2 Å². The number of carbonyl (C=O) groups is 2. The van der Waals surface area contributed by atoms with Crippen LogP contribution in [0.25, 0.3) is 0 Å². The first-order valence-corrected chi connectivity index (χ1v) is 8.33. The molecular formula is C15H23N3O2S. The molecule has 2 heterocycles. The molecule has 2 rings (SSSR count). The van der Waals surface area contributed by atoms with E-state index in [4.69, 9.17) is 0 Å². The van der Waals surface area contributed by atoms with Crippen LogP contribution < -0.4 is 5.32 Å². The van der Waals surface area contributed by atoms with Crippen LogP contribution in [0.1, 0.15) is 37.9 Å². The average molecular weight is 309 g/mol. The van der Waals surface area contributed by atoms with Crippen LogP contribution in [0.2, 0.25) is 0 Å². The number of hydrogen-bond donors (Lipinski definition) is 1. The predicted molar refractivity (Wildman–Crippen MR) is 83.1 cm³/mol. The normalized spacial score (nSPS) is 22.8. The Morgan fingerprint density at radius 3 is 2.67 bits per heavy atom. The molecule has 0 aliphatic carbocycles. The first-order valence-electron chi connectivity index (χ1n) is 7.45. The van der Waals surface area contributed by atoms with Crippen LogP contribution >= 0.6 is 11.3 Å². The summed E-state index contributed by atoms with van der Waals surface area (Å²) < 4.78 is 0. The van der Waals surface area contributed by atoms with Crippen LogP contribution in [0.5, 0.6) is 0 Å². The molecule has 0 aromatic carbocycles. The molecular weight excluding hydrogens is 286 g/mol.